The van der Waals surface area contributed by atoms with Gasteiger partial charge in [-0.05, 0) is 32.9 Å². The lowest BCUT2D eigenvalue weighted by Gasteiger charge is -2.26. The molecule has 1 rings (SSSR count). The number of methoxy groups -OCH3 is 1. The molecule has 1 unspecified atom stereocenters. The predicted molar refractivity (Wildman–Crippen MR) is 50.5 cm³/mol. The van der Waals surface area contributed by atoms with Crippen LogP contribution in [0.2, 0.25) is 0 Å². The van der Waals surface area contributed by atoms with E-state index in [4.69, 9.17) is 0 Å². The molecular formula is C9H18N2O2. The third kappa shape index (κ3) is 3.32. The number of nitrogens with one attached hydrogen (secondary N) is 2. The van der Waals surface area contributed by atoms with Gasteiger partial charge in [0.2, 0.25) is 0 Å². The summed E-state index contributed by atoms with van der Waals surface area (Å²) in [5, 5.41) is 6.53. The molecule has 76 valence electrons. The molecule has 0 aromatic heterocycles. The fourth-order valence-corrected chi connectivity index (χ4v) is 1.59. The van der Waals surface area contributed by atoms with Crippen molar-refractivity contribution in [1.82, 2.24) is 10.6 Å². The van der Waals surface area contributed by atoms with Crippen LogP contribution in [0.1, 0.15) is 19.8 Å². The van der Waals surface area contributed by atoms with Gasteiger partial charge in [-0.15, -0.1) is 0 Å². The maximum atomic E-state index is 11.1. The van der Waals surface area contributed by atoms with E-state index < -0.39 is 0 Å². The second kappa shape index (κ2) is 5.19. The van der Waals surface area contributed by atoms with Gasteiger partial charge in [0, 0.05) is 6.04 Å². The third-order valence-electron chi connectivity index (χ3n) is 2.38. The first-order chi connectivity index (χ1) is 6.24. The Morgan fingerprint density at radius 3 is 2.69 bits per heavy atom. The van der Waals surface area contributed by atoms with Crippen molar-refractivity contribution in [2.45, 2.75) is 31.8 Å². The Hall–Kier alpha value is -0.610. The van der Waals surface area contributed by atoms with E-state index in [0.717, 1.165) is 25.9 Å². The first-order valence-corrected chi connectivity index (χ1v) is 4.78. The second-order valence-electron chi connectivity index (χ2n) is 3.44. The van der Waals surface area contributed by atoms with Crippen molar-refractivity contribution in [2.24, 2.45) is 0 Å². The molecule has 0 aromatic carbocycles. The van der Waals surface area contributed by atoms with Gasteiger partial charge in [-0.3, -0.25) is 4.79 Å². The van der Waals surface area contributed by atoms with Gasteiger partial charge in [0.25, 0.3) is 0 Å². The van der Waals surface area contributed by atoms with Crippen LogP contribution in [0, 0.1) is 0 Å². The molecule has 1 saturated heterocycles. The molecule has 1 aliphatic heterocycles. The van der Waals surface area contributed by atoms with Crippen molar-refractivity contribution in [3.63, 3.8) is 0 Å². The second-order valence-corrected chi connectivity index (χ2v) is 3.44. The summed E-state index contributed by atoms with van der Waals surface area (Å²) in [4.78, 5) is 11.1. The summed E-state index contributed by atoms with van der Waals surface area (Å²) < 4.78 is 4.64. The Bertz CT molecular complexity index is 167. The van der Waals surface area contributed by atoms with Crippen molar-refractivity contribution in [3.8, 4) is 0 Å². The van der Waals surface area contributed by atoms with E-state index in [1.807, 2.05) is 6.92 Å². The van der Waals surface area contributed by atoms with Crippen LogP contribution in [0.4, 0.5) is 0 Å². The first-order valence-electron chi connectivity index (χ1n) is 4.78. The summed E-state index contributed by atoms with van der Waals surface area (Å²) in [6.07, 6.45) is 2.17. The molecule has 0 saturated carbocycles. The van der Waals surface area contributed by atoms with Crippen molar-refractivity contribution in [1.29, 1.82) is 0 Å². The molecule has 1 fully saturated rings. The van der Waals surface area contributed by atoms with E-state index in [1.54, 1.807) is 0 Å². The normalized spacial score (nSPS) is 21.1. The predicted octanol–water partition coefficient (Wildman–Crippen LogP) is -0.111. The summed E-state index contributed by atoms with van der Waals surface area (Å²) in [6.45, 7) is 3.91. The molecule has 1 atom stereocenters. The minimum atomic E-state index is -0.187. The van der Waals surface area contributed by atoms with E-state index in [1.165, 1.54) is 7.11 Å². The highest BCUT2D eigenvalue weighted by molar-refractivity contribution is 5.75. The number of esters is 1. The summed E-state index contributed by atoms with van der Waals surface area (Å²) >= 11 is 0. The number of piperidine rings is 1. The molecule has 0 bridgehead atoms. The van der Waals surface area contributed by atoms with E-state index in [2.05, 4.69) is 15.4 Å². The number of carbonyl (C=O) groups is 1. The molecular weight excluding hydrogens is 168 g/mol. The minimum Gasteiger partial charge on any atom is -0.468 e. The van der Waals surface area contributed by atoms with Crippen LogP contribution in [-0.2, 0) is 9.53 Å². The van der Waals surface area contributed by atoms with E-state index in [0.29, 0.717) is 6.04 Å². The van der Waals surface area contributed by atoms with Crippen molar-refractivity contribution >= 4 is 5.97 Å². The molecule has 1 heterocycles. The molecule has 4 nitrogen and oxygen atoms in total. The standard InChI is InChI=1S/C9H18N2O2/c1-7(9(12)13-2)11-8-3-5-10-6-4-8/h7-8,10-11H,3-6H2,1-2H3. The van der Waals surface area contributed by atoms with E-state index in [9.17, 15) is 4.79 Å². The molecule has 0 aromatic rings. The lowest BCUT2D eigenvalue weighted by molar-refractivity contribution is -0.142. The Balaban J connectivity index is 2.25. The average Bonchev–Trinajstić information content (AvgIpc) is 2.18. The van der Waals surface area contributed by atoms with Crippen LogP contribution in [0.5, 0.6) is 0 Å². The van der Waals surface area contributed by atoms with Gasteiger partial charge in [-0.1, -0.05) is 0 Å². The summed E-state index contributed by atoms with van der Waals surface area (Å²) in [5.74, 6) is -0.182. The van der Waals surface area contributed by atoms with Crippen LogP contribution in [-0.4, -0.2) is 38.3 Å². The van der Waals surface area contributed by atoms with Gasteiger partial charge < -0.3 is 15.4 Å². The van der Waals surface area contributed by atoms with Crippen molar-refractivity contribution in [2.75, 3.05) is 20.2 Å². The largest absolute Gasteiger partial charge is 0.468 e. The molecule has 0 aliphatic carbocycles. The summed E-state index contributed by atoms with van der Waals surface area (Å²) in [7, 11) is 1.42. The van der Waals surface area contributed by atoms with E-state index in [-0.39, 0.29) is 12.0 Å². The molecule has 4 heteroatoms. The van der Waals surface area contributed by atoms with Gasteiger partial charge in [0.1, 0.15) is 6.04 Å². The first kappa shape index (κ1) is 10.5. The van der Waals surface area contributed by atoms with Crippen LogP contribution in [0.3, 0.4) is 0 Å². The molecule has 0 spiro atoms. The smallest absolute Gasteiger partial charge is 0.322 e. The zero-order chi connectivity index (χ0) is 9.68. The summed E-state index contributed by atoms with van der Waals surface area (Å²) in [5.41, 5.74) is 0. The lowest BCUT2D eigenvalue weighted by atomic mass is 10.1. The van der Waals surface area contributed by atoms with Gasteiger partial charge in [0.05, 0.1) is 7.11 Å². The summed E-state index contributed by atoms with van der Waals surface area (Å²) in [6, 6.07) is 0.267. The quantitative estimate of drug-likeness (QED) is 0.604. The third-order valence-corrected chi connectivity index (χ3v) is 2.38. The molecule has 0 radical (unpaired) electrons. The minimum absolute atomic E-state index is 0.182. The number of carbonyl (C=O) groups excluding carboxylic acids is 1. The Morgan fingerprint density at radius 1 is 1.54 bits per heavy atom. The highest BCUT2D eigenvalue weighted by Gasteiger charge is 2.19. The van der Waals surface area contributed by atoms with Crippen LogP contribution in [0.25, 0.3) is 0 Å². The average molecular weight is 186 g/mol. The molecule has 1 aliphatic rings. The number of hydrogen-bond acceptors (Lipinski definition) is 4. The Labute approximate surface area is 79.0 Å². The number of hydrogen-bond donors (Lipinski definition) is 2. The van der Waals surface area contributed by atoms with Gasteiger partial charge in [-0.25, -0.2) is 0 Å². The lowest BCUT2D eigenvalue weighted by Crippen LogP contribution is -2.46. The topological polar surface area (TPSA) is 50.4 Å². The van der Waals surface area contributed by atoms with Gasteiger partial charge in [-0.2, -0.15) is 0 Å². The number of rotatable bonds is 3. The highest BCUT2D eigenvalue weighted by Crippen LogP contribution is 2.03. The number of ether oxygens (including phenoxy) is 1. The molecule has 13 heavy (non-hydrogen) atoms. The molecule has 2 N–H and O–H groups in total. The highest BCUT2D eigenvalue weighted by atomic mass is 16.5. The van der Waals surface area contributed by atoms with Crippen LogP contribution >= 0.6 is 0 Å². The van der Waals surface area contributed by atoms with Crippen molar-refractivity contribution in [3.05, 3.63) is 0 Å². The Kier molecular flexibility index (Phi) is 4.18. The fraction of sp³-hybridized carbons (Fsp3) is 0.889. The molecule has 0 amide bonds. The fourth-order valence-electron chi connectivity index (χ4n) is 1.59. The zero-order valence-corrected chi connectivity index (χ0v) is 8.30. The monoisotopic (exact) mass is 186 g/mol. The zero-order valence-electron chi connectivity index (χ0n) is 8.30. The maximum absolute atomic E-state index is 11.1. The van der Waals surface area contributed by atoms with Gasteiger partial charge >= 0.3 is 5.97 Å². The maximum Gasteiger partial charge on any atom is 0.322 e. The van der Waals surface area contributed by atoms with Crippen LogP contribution < -0.4 is 10.6 Å². The SMILES string of the molecule is COC(=O)C(C)NC1CCNCC1. The van der Waals surface area contributed by atoms with Gasteiger partial charge in [0.15, 0.2) is 0 Å². The van der Waals surface area contributed by atoms with Crippen LogP contribution in [0.15, 0.2) is 0 Å². The van der Waals surface area contributed by atoms with E-state index >= 15 is 0 Å². The Morgan fingerprint density at radius 2 is 2.15 bits per heavy atom. The van der Waals surface area contributed by atoms with Crippen molar-refractivity contribution < 1.29 is 9.53 Å².